The van der Waals surface area contributed by atoms with E-state index >= 15 is 0 Å². The lowest BCUT2D eigenvalue weighted by molar-refractivity contribution is 0.143. The maximum Gasteiger partial charge on any atom is 0.113 e. The lowest BCUT2D eigenvalue weighted by Crippen LogP contribution is -2.31. The van der Waals surface area contributed by atoms with Crippen LogP contribution in [0.3, 0.4) is 0 Å². The van der Waals surface area contributed by atoms with Crippen LogP contribution in [0.2, 0.25) is 0 Å². The Bertz CT molecular complexity index is 350. The Labute approximate surface area is 99.8 Å². The van der Waals surface area contributed by atoms with Crippen LogP contribution >= 0.6 is 21.6 Å². The van der Waals surface area contributed by atoms with Gasteiger partial charge in [-0.05, 0) is 19.4 Å². The largest absolute Gasteiger partial charge is 0.390 e. The second kappa shape index (κ2) is 4.08. The predicted molar refractivity (Wildman–Crippen MR) is 69.8 cm³/mol. The van der Waals surface area contributed by atoms with Gasteiger partial charge in [0.1, 0.15) is 7.85 Å². The van der Waals surface area contributed by atoms with Crippen LogP contribution in [0.5, 0.6) is 0 Å². The molecule has 1 aliphatic rings. The Morgan fingerprint density at radius 2 is 1.87 bits per heavy atom. The molecule has 0 saturated carbocycles. The summed E-state index contributed by atoms with van der Waals surface area (Å²) in [7, 11) is 9.13. The van der Waals surface area contributed by atoms with Crippen molar-refractivity contribution >= 4 is 34.9 Å². The maximum absolute atomic E-state index is 10.2. The Balaban J connectivity index is 2.23. The van der Waals surface area contributed by atoms with Gasteiger partial charge in [-0.2, -0.15) is 0 Å². The zero-order valence-corrected chi connectivity index (χ0v) is 10.4. The lowest BCUT2D eigenvalue weighted by Gasteiger charge is -2.23. The van der Waals surface area contributed by atoms with Crippen molar-refractivity contribution in [3.63, 3.8) is 0 Å². The third-order valence-corrected chi connectivity index (χ3v) is 6.33. The average molecular weight is 236 g/mol. The second-order valence-electron chi connectivity index (χ2n) is 4.32. The summed E-state index contributed by atoms with van der Waals surface area (Å²) in [5.74, 6) is 0. The molecule has 2 atom stereocenters. The quantitative estimate of drug-likeness (QED) is 0.595. The van der Waals surface area contributed by atoms with Crippen molar-refractivity contribution < 1.29 is 5.11 Å². The molecule has 1 nitrogen and oxygen atoms in total. The van der Waals surface area contributed by atoms with Crippen molar-refractivity contribution in [2.75, 3.05) is 0 Å². The van der Waals surface area contributed by atoms with Crippen LogP contribution in [0, 0.1) is 0 Å². The van der Waals surface area contributed by atoms with Gasteiger partial charge < -0.3 is 5.11 Å². The molecule has 1 aromatic rings. The zero-order chi connectivity index (χ0) is 11.1. The summed E-state index contributed by atoms with van der Waals surface area (Å²) in [6.07, 6.45) is -0.309. The van der Waals surface area contributed by atoms with Crippen LogP contribution < -0.4 is 5.46 Å². The number of benzene rings is 1. The molecule has 2 radical (unpaired) electrons. The molecule has 1 fully saturated rings. The highest BCUT2D eigenvalue weighted by molar-refractivity contribution is 8.77. The molecule has 1 aliphatic heterocycles. The molecular weight excluding hydrogens is 223 g/mol. The molecule has 0 aliphatic carbocycles. The van der Waals surface area contributed by atoms with Crippen LogP contribution in [0.25, 0.3) is 0 Å². The molecule has 4 heteroatoms. The standard InChI is InChI=1S/C11H13BOS2/c1-11(2)10(13)9(14-15-11)7-3-5-8(12)6-4-7/h3-6,9-10,13H,1-2H3. The fourth-order valence-electron chi connectivity index (χ4n) is 1.57. The topological polar surface area (TPSA) is 20.2 Å². The van der Waals surface area contributed by atoms with Crippen LogP contribution in [-0.2, 0) is 0 Å². The predicted octanol–water partition coefficient (Wildman–Crippen LogP) is 2.06. The third-order valence-electron chi connectivity index (χ3n) is 2.63. The van der Waals surface area contributed by atoms with Crippen molar-refractivity contribution in [3.05, 3.63) is 29.8 Å². The number of hydrogen-bond acceptors (Lipinski definition) is 3. The van der Waals surface area contributed by atoms with E-state index in [1.54, 1.807) is 21.6 Å². The molecule has 78 valence electrons. The molecule has 1 N–H and O–H groups in total. The highest BCUT2D eigenvalue weighted by Gasteiger charge is 2.43. The summed E-state index contributed by atoms with van der Waals surface area (Å²) in [6, 6.07) is 7.77. The minimum Gasteiger partial charge on any atom is -0.390 e. The van der Waals surface area contributed by atoms with E-state index in [-0.39, 0.29) is 16.1 Å². The van der Waals surface area contributed by atoms with Gasteiger partial charge in [0.25, 0.3) is 0 Å². The number of hydrogen-bond donors (Lipinski definition) is 1. The third kappa shape index (κ3) is 2.22. The number of aliphatic hydroxyl groups excluding tert-OH is 1. The van der Waals surface area contributed by atoms with Gasteiger partial charge in [0.05, 0.1) is 11.4 Å². The minimum atomic E-state index is -0.309. The van der Waals surface area contributed by atoms with Gasteiger partial charge in [-0.25, -0.2) is 0 Å². The van der Waals surface area contributed by atoms with E-state index in [0.29, 0.717) is 0 Å². The van der Waals surface area contributed by atoms with E-state index in [2.05, 4.69) is 13.8 Å². The van der Waals surface area contributed by atoms with Crippen molar-refractivity contribution in [1.29, 1.82) is 0 Å². The highest BCUT2D eigenvalue weighted by atomic mass is 33.1. The molecule has 2 rings (SSSR count). The first-order valence-corrected chi connectivity index (χ1v) is 7.10. The van der Waals surface area contributed by atoms with Gasteiger partial charge in [0.2, 0.25) is 0 Å². The monoisotopic (exact) mass is 236 g/mol. The van der Waals surface area contributed by atoms with E-state index < -0.39 is 0 Å². The zero-order valence-electron chi connectivity index (χ0n) is 8.81. The Morgan fingerprint density at radius 3 is 2.33 bits per heavy atom. The molecule has 1 heterocycles. The molecule has 1 saturated heterocycles. The van der Waals surface area contributed by atoms with Crippen molar-refractivity contribution in [2.24, 2.45) is 0 Å². The Kier molecular flexibility index (Phi) is 3.11. The first-order valence-electron chi connectivity index (χ1n) is 4.89. The summed E-state index contributed by atoms with van der Waals surface area (Å²) >= 11 is 0. The van der Waals surface area contributed by atoms with E-state index in [4.69, 9.17) is 7.85 Å². The summed E-state index contributed by atoms with van der Waals surface area (Å²) in [5, 5.41) is 10.3. The van der Waals surface area contributed by atoms with E-state index in [9.17, 15) is 5.11 Å². The van der Waals surface area contributed by atoms with Crippen LogP contribution in [0.1, 0.15) is 24.7 Å². The summed E-state index contributed by atoms with van der Waals surface area (Å²) < 4.78 is -0.0727. The molecule has 0 aromatic heterocycles. The van der Waals surface area contributed by atoms with Gasteiger partial charge in [-0.3, -0.25) is 0 Å². The van der Waals surface area contributed by atoms with Gasteiger partial charge in [0, 0.05) is 4.75 Å². The van der Waals surface area contributed by atoms with Crippen molar-refractivity contribution in [1.82, 2.24) is 0 Å². The molecule has 15 heavy (non-hydrogen) atoms. The summed E-state index contributed by atoms with van der Waals surface area (Å²) in [5.41, 5.74) is 1.92. The Hall–Kier alpha value is -0.0551. The molecule has 0 bridgehead atoms. The molecule has 2 unspecified atom stereocenters. The van der Waals surface area contributed by atoms with Gasteiger partial charge in [-0.15, -0.1) is 0 Å². The van der Waals surface area contributed by atoms with Gasteiger partial charge >= 0.3 is 0 Å². The fourth-order valence-corrected chi connectivity index (χ4v) is 4.95. The Morgan fingerprint density at radius 1 is 1.27 bits per heavy atom. The van der Waals surface area contributed by atoms with Crippen molar-refractivity contribution in [3.8, 4) is 0 Å². The SMILES string of the molecule is [B]c1ccc(C2SSC(C)(C)C2O)cc1. The molecule has 1 aromatic carbocycles. The van der Waals surface area contributed by atoms with E-state index in [1.165, 1.54) is 0 Å². The maximum atomic E-state index is 10.2. The molecular formula is C11H13BOS2. The normalized spacial score (nSPS) is 29.3. The molecule has 0 spiro atoms. The fraction of sp³-hybridized carbons (Fsp3) is 0.455. The lowest BCUT2D eigenvalue weighted by atomic mass is 9.92. The van der Waals surface area contributed by atoms with Crippen LogP contribution in [0.4, 0.5) is 0 Å². The van der Waals surface area contributed by atoms with Crippen LogP contribution in [0.15, 0.2) is 24.3 Å². The van der Waals surface area contributed by atoms with Crippen molar-refractivity contribution in [2.45, 2.75) is 29.9 Å². The first kappa shape index (κ1) is 11.4. The summed E-state index contributed by atoms with van der Waals surface area (Å²) in [4.78, 5) is 0. The number of aliphatic hydroxyl groups is 1. The van der Waals surface area contributed by atoms with E-state index in [1.807, 2.05) is 24.3 Å². The molecule has 0 amide bonds. The highest BCUT2D eigenvalue weighted by Crippen LogP contribution is 2.57. The smallest absolute Gasteiger partial charge is 0.113 e. The second-order valence-corrected chi connectivity index (χ2v) is 7.31. The first-order chi connectivity index (χ1) is 7.00. The average Bonchev–Trinajstić information content (AvgIpc) is 2.45. The van der Waals surface area contributed by atoms with Gasteiger partial charge in [-0.1, -0.05) is 51.3 Å². The van der Waals surface area contributed by atoms with Gasteiger partial charge in [0.15, 0.2) is 0 Å². The van der Waals surface area contributed by atoms with E-state index in [0.717, 1.165) is 11.0 Å². The van der Waals surface area contributed by atoms with Crippen LogP contribution in [-0.4, -0.2) is 23.8 Å². The summed E-state index contributed by atoms with van der Waals surface area (Å²) in [6.45, 7) is 4.15. The number of rotatable bonds is 1. The minimum absolute atomic E-state index is 0.0727.